The lowest BCUT2D eigenvalue weighted by atomic mass is 9.95. The van der Waals surface area contributed by atoms with Gasteiger partial charge in [-0.3, -0.25) is 9.46 Å². The van der Waals surface area contributed by atoms with E-state index in [1.54, 1.807) is 0 Å². The van der Waals surface area contributed by atoms with Gasteiger partial charge in [0.2, 0.25) is 8.30 Å². The van der Waals surface area contributed by atoms with Crippen molar-refractivity contribution in [2.75, 3.05) is 0 Å². The fraction of sp³-hybridized carbons (Fsp3) is 0.316. The maximum Gasteiger partial charge on any atom is 0.263 e. The molecule has 4 heteroatoms. The predicted molar refractivity (Wildman–Crippen MR) is 93.1 cm³/mol. The van der Waals surface area contributed by atoms with Crippen LogP contribution in [0, 0.1) is 0 Å². The first-order valence-electron chi connectivity index (χ1n) is 8.30. The molecule has 1 amide bonds. The normalized spacial score (nSPS) is 21.7. The molecule has 0 aromatic heterocycles. The molecule has 1 saturated carbocycles. The van der Waals surface area contributed by atoms with Gasteiger partial charge in [-0.1, -0.05) is 49.6 Å². The second-order valence-corrected chi connectivity index (χ2v) is 7.81. The SMILES string of the molecule is O=C1c2ccccc2OP(c2ccccc2)N1C1CCCCC1. The molecule has 0 radical (unpaired) electrons. The molecule has 1 atom stereocenters. The van der Waals surface area contributed by atoms with Crippen molar-refractivity contribution in [3.63, 3.8) is 0 Å². The van der Waals surface area contributed by atoms with Gasteiger partial charge in [0.1, 0.15) is 5.75 Å². The lowest BCUT2D eigenvalue weighted by Crippen LogP contribution is -2.43. The van der Waals surface area contributed by atoms with Crippen LogP contribution in [-0.4, -0.2) is 16.6 Å². The molecule has 118 valence electrons. The van der Waals surface area contributed by atoms with E-state index in [0.717, 1.165) is 23.9 Å². The molecule has 4 rings (SSSR count). The molecule has 1 aliphatic carbocycles. The Balaban J connectivity index is 1.76. The monoisotopic (exact) mass is 325 g/mol. The average molecular weight is 325 g/mol. The van der Waals surface area contributed by atoms with Gasteiger partial charge < -0.3 is 4.52 Å². The van der Waals surface area contributed by atoms with Crippen LogP contribution in [0.4, 0.5) is 0 Å². The van der Waals surface area contributed by atoms with E-state index < -0.39 is 8.30 Å². The second-order valence-electron chi connectivity index (χ2n) is 6.14. The molecule has 2 aliphatic rings. The standard InChI is InChI=1S/C19H20NO2P/c21-19-17-13-7-8-14-18(17)22-23(16-11-5-2-6-12-16)20(19)15-9-3-1-4-10-15/h2,5-8,11-15H,1,3-4,9-10H2. The van der Waals surface area contributed by atoms with Crippen LogP contribution in [0.25, 0.3) is 0 Å². The number of benzene rings is 2. The zero-order chi connectivity index (χ0) is 15.6. The number of hydrogen-bond donors (Lipinski definition) is 0. The van der Waals surface area contributed by atoms with Gasteiger partial charge in [0.05, 0.1) is 5.56 Å². The minimum absolute atomic E-state index is 0.133. The summed E-state index contributed by atoms with van der Waals surface area (Å²) in [6, 6.07) is 18.1. The summed E-state index contributed by atoms with van der Waals surface area (Å²) in [5.74, 6) is 0.855. The molecule has 3 nitrogen and oxygen atoms in total. The minimum Gasteiger partial charge on any atom is -0.448 e. The lowest BCUT2D eigenvalue weighted by Gasteiger charge is -2.41. The number of fused-ring (bicyclic) bond motifs is 1. The van der Waals surface area contributed by atoms with Crippen molar-refractivity contribution >= 4 is 19.5 Å². The van der Waals surface area contributed by atoms with E-state index >= 15 is 0 Å². The van der Waals surface area contributed by atoms with Gasteiger partial charge in [0.15, 0.2) is 0 Å². The zero-order valence-corrected chi connectivity index (χ0v) is 13.9. The van der Waals surface area contributed by atoms with Crippen LogP contribution >= 0.6 is 8.30 Å². The highest BCUT2D eigenvalue weighted by atomic mass is 31.2. The largest absolute Gasteiger partial charge is 0.448 e. The van der Waals surface area contributed by atoms with Crippen LogP contribution in [0.2, 0.25) is 0 Å². The highest BCUT2D eigenvalue weighted by Crippen LogP contribution is 2.50. The van der Waals surface area contributed by atoms with E-state index in [2.05, 4.69) is 12.1 Å². The van der Waals surface area contributed by atoms with Gasteiger partial charge in [-0.25, -0.2) is 0 Å². The molecule has 2 aromatic carbocycles. The predicted octanol–water partition coefficient (Wildman–Crippen LogP) is 4.49. The molecule has 0 bridgehead atoms. The van der Waals surface area contributed by atoms with Gasteiger partial charge >= 0.3 is 0 Å². The topological polar surface area (TPSA) is 29.5 Å². The van der Waals surface area contributed by atoms with Gasteiger partial charge in [-0.05, 0) is 37.1 Å². The Kier molecular flexibility index (Phi) is 4.05. The van der Waals surface area contributed by atoms with Crippen LogP contribution in [0.5, 0.6) is 5.75 Å². The van der Waals surface area contributed by atoms with Crippen molar-refractivity contribution in [1.29, 1.82) is 0 Å². The van der Waals surface area contributed by atoms with Crippen LogP contribution in [-0.2, 0) is 0 Å². The highest BCUT2D eigenvalue weighted by molar-refractivity contribution is 7.59. The molecule has 1 unspecified atom stereocenters. The Bertz CT molecular complexity index is 698. The fourth-order valence-electron chi connectivity index (χ4n) is 3.44. The molecule has 23 heavy (non-hydrogen) atoms. The summed E-state index contributed by atoms with van der Waals surface area (Å²) >= 11 is 0. The minimum atomic E-state index is -1.10. The summed E-state index contributed by atoms with van der Waals surface area (Å²) in [7, 11) is -1.10. The lowest BCUT2D eigenvalue weighted by molar-refractivity contribution is 0.0780. The van der Waals surface area contributed by atoms with Crippen LogP contribution in [0.1, 0.15) is 42.5 Å². The van der Waals surface area contributed by atoms with E-state index in [1.165, 1.54) is 19.3 Å². The molecule has 0 saturated heterocycles. The van der Waals surface area contributed by atoms with Crippen molar-refractivity contribution in [3.05, 3.63) is 60.2 Å². The third-order valence-electron chi connectivity index (χ3n) is 4.60. The van der Waals surface area contributed by atoms with Gasteiger partial charge in [0, 0.05) is 11.3 Å². The number of nitrogens with zero attached hydrogens (tertiary/aromatic N) is 1. The Morgan fingerprint density at radius 1 is 0.913 bits per heavy atom. The first-order valence-corrected chi connectivity index (χ1v) is 9.51. The van der Waals surface area contributed by atoms with Gasteiger partial charge in [-0.15, -0.1) is 0 Å². The van der Waals surface area contributed by atoms with Crippen LogP contribution < -0.4 is 9.83 Å². The number of carbonyl (C=O) groups excluding carboxylic acids is 1. The van der Waals surface area contributed by atoms with E-state index in [1.807, 2.05) is 47.1 Å². The molecule has 1 fully saturated rings. The molecule has 1 heterocycles. The van der Waals surface area contributed by atoms with E-state index in [9.17, 15) is 4.79 Å². The Morgan fingerprint density at radius 3 is 2.39 bits per heavy atom. The third-order valence-corrected chi connectivity index (χ3v) is 6.61. The van der Waals surface area contributed by atoms with E-state index in [0.29, 0.717) is 11.6 Å². The molecular formula is C19H20NO2P. The first kappa shape index (κ1) is 14.7. The molecule has 2 aromatic rings. The maximum absolute atomic E-state index is 13.2. The number of para-hydroxylation sites is 1. The fourth-order valence-corrected chi connectivity index (χ4v) is 5.45. The summed E-state index contributed by atoms with van der Waals surface area (Å²) in [5.41, 5.74) is 0.702. The zero-order valence-electron chi connectivity index (χ0n) is 13.0. The van der Waals surface area contributed by atoms with Crippen LogP contribution in [0.3, 0.4) is 0 Å². The summed E-state index contributed by atoms with van der Waals surface area (Å²) in [6.07, 6.45) is 5.85. The molecular weight excluding hydrogens is 305 g/mol. The van der Waals surface area contributed by atoms with Crippen molar-refractivity contribution in [2.45, 2.75) is 38.1 Å². The smallest absolute Gasteiger partial charge is 0.263 e. The number of rotatable bonds is 2. The average Bonchev–Trinajstić information content (AvgIpc) is 2.63. The number of amides is 1. The summed E-state index contributed by atoms with van der Waals surface area (Å²) in [5, 5.41) is 1.11. The van der Waals surface area contributed by atoms with Crippen molar-refractivity contribution < 1.29 is 9.32 Å². The Hall–Kier alpha value is -1.86. The summed E-state index contributed by atoms with van der Waals surface area (Å²) < 4.78 is 8.37. The molecule has 1 aliphatic heterocycles. The van der Waals surface area contributed by atoms with Crippen LogP contribution in [0.15, 0.2) is 54.6 Å². The molecule has 0 spiro atoms. The molecule has 0 N–H and O–H groups in total. The van der Waals surface area contributed by atoms with Gasteiger partial charge in [-0.2, -0.15) is 0 Å². The Morgan fingerprint density at radius 2 is 1.61 bits per heavy atom. The quantitative estimate of drug-likeness (QED) is 0.761. The third kappa shape index (κ3) is 2.74. The summed E-state index contributed by atoms with van der Waals surface area (Å²) in [6.45, 7) is 0. The van der Waals surface area contributed by atoms with E-state index in [-0.39, 0.29) is 5.91 Å². The van der Waals surface area contributed by atoms with Crippen molar-refractivity contribution in [2.24, 2.45) is 0 Å². The van der Waals surface area contributed by atoms with E-state index in [4.69, 9.17) is 4.52 Å². The van der Waals surface area contributed by atoms with Gasteiger partial charge in [0.25, 0.3) is 5.91 Å². The van der Waals surface area contributed by atoms with Crippen molar-refractivity contribution in [1.82, 2.24) is 4.67 Å². The first-order chi connectivity index (χ1) is 11.3. The number of hydrogen-bond acceptors (Lipinski definition) is 2. The van der Waals surface area contributed by atoms with Crippen molar-refractivity contribution in [3.8, 4) is 5.75 Å². The number of carbonyl (C=O) groups is 1. The second kappa shape index (κ2) is 6.33. The highest BCUT2D eigenvalue weighted by Gasteiger charge is 2.40. The Labute approximate surface area is 138 Å². The summed E-state index contributed by atoms with van der Waals surface area (Å²) in [4.78, 5) is 13.2. The maximum atomic E-state index is 13.2.